The molecule has 0 bridgehead atoms. The minimum atomic E-state index is 0.407. The molecule has 1 fully saturated rings. The molecule has 0 aliphatic heterocycles. The molecule has 0 radical (unpaired) electrons. The summed E-state index contributed by atoms with van der Waals surface area (Å²) in [6, 6.07) is 7.13. The first-order valence-corrected chi connectivity index (χ1v) is 6.95. The van der Waals surface area contributed by atoms with Gasteiger partial charge in [0.25, 0.3) is 0 Å². The Kier molecular flexibility index (Phi) is 2.90. The van der Waals surface area contributed by atoms with Gasteiger partial charge in [-0.1, -0.05) is 18.1 Å². The van der Waals surface area contributed by atoms with Gasteiger partial charge >= 0.3 is 0 Å². The van der Waals surface area contributed by atoms with Crippen molar-refractivity contribution >= 4 is 10.9 Å². The number of nitrogens with two attached hydrogens (primary N) is 1. The summed E-state index contributed by atoms with van der Waals surface area (Å²) in [5, 5.41) is 1.41. The second-order valence-electron chi connectivity index (χ2n) is 5.84. The summed E-state index contributed by atoms with van der Waals surface area (Å²) in [6.45, 7) is 2.16. The summed E-state index contributed by atoms with van der Waals surface area (Å²) in [5.74, 6) is 0.677. The molecule has 2 heteroatoms. The zero-order valence-electron chi connectivity index (χ0n) is 11.3. The van der Waals surface area contributed by atoms with Crippen LogP contribution in [0, 0.1) is 12.8 Å². The van der Waals surface area contributed by atoms with Gasteiger partial charge in [0.15, 0.2) is 0 Å². The number of hydrogen-bond donors (Lipinski definition) is 1. The fourth-order valence-electron chi connectivity index (χ4n) is 3.35. The van der Waals surface area contributed by atoms with Gasteiger partial charge in [0, 0.05) is 30.2 Å². The minimum absolute atomic E-state index is 0.407. The van der Waals surface area contributed by atoms with Crippen LogP contribution >= 0.6 is 0 Å². The monoisotopic (exact) mass is 242 g/mol. The smallest absolute Gasteiger partial charge is 0.0480 e. The standard InChI is InChI=1S/C16H22N2/c1-11-6-7-16-14(8-11)13(10-18(16)2)9-12-4-3-5-15(12)17/h6-8,10,12,15H,3-5,9,17H2,1-2H3. The van der Waals surface area contributed by atoms with E-state index in [1.807, 2.05) is 0 Å². The van der Waals surface area contributed by atoms with Crippen LogP contribution in [-0.4, -0.2) is 10.6 Å². The van der Waals surface area contributed by atoms with Gasteiger partial charge in [-0.25, -0.2) is 0 Å². The molecule has 1 saturated carbocycles. The van der Waals surface area contributed by atoms with E-state index in [-0.39, 0.29) is 0 Å². The first-order valence-electron chi connectivity index (χ1n) is 6.95. The van der Waals surface area contributed by atoms with Crippen LogP contribution in [0.2, 0.25) is 0 Å². The maximum absolute atomic E-state index is 6.20. The maximum atomic E-state index is 6.20. The largest absolute Gasteiger partial charge is 0.350 e. The van der Waals surface area contributed by atoms with Crippen molar-refractivity contribution in [2.45, 2.75) is 38.6 Å². The van der Waals surface area contributed by atoms with E-state index >= 15 is 0 Å². The summed E-state index contributed by atoms with van der Waals surface area (Å²) in [4.78, 5) is 0. The fraction of sp³-hybridized carbons (Fsp3) is 0.500. The topological polar surface area (TPSA) is 30.9 Å². The fourth-order valence-corrected chi connectivity index (χ4v) is 3.35. The molecule has 2 unspecified atom stereocenters. The lowest BCUT2D eigenvalue weighted by molar-refractivity contribution is 0.480. The van der Waals surface area contributed by atoms with Crippen LogP contribution < -0.4 is 5.73 Å². The highest BCUT2D eigenvalue weighted by Gasteiger charge is 2.25. The van der Waals surface area contributed by atoms with Crippen LogP contribution in [0.25, 0.3) is 10.9 Å². The average Bonchev–Trinajstić information content (AvgIpc) is 2.86. The Morgan fingerprint density at radius 3 is 2.89 bits per heavy atom. The van der Waals surface area contributed by atoms with Crippen LogP contribution in [0.3, 0.4) is 0 Å². The zero-order valence-corrected chi connectivity index (χ0v) is 11.3. The summed E-state index contributed by atoms with van der Waals surface area (Å²) in [7, 11) is 2.13. The molecule has 2 aromatic rings. The molecule has 0 amide bonds. The predicted octanol–water partition coefficient (Wildman–Crippen LogP) is 3.16. The summed E-state index contributed by atoms with van der Waals surface area (Å²) in [5.41, 5.74) is 10.3. The Balaban J connectivity index is 1.98. The van der Waals surface area contributed by atoms with E-state index in [1.54, 1.807) is 0 Å². The summed E-state index contributed by atoms with van der Waals surface area (Å²) >= 11 is 0. The van der Waals surface area contributed by atoms with Gasteiger partial charge in [0.1, 0.15) is 0 Å². The van der Waals surface area contributed by atoms with Crippen molar-refractivity contribution in [3.8, 4) is 0 Å². The number of fused-ring (bicyclic) bond motifs is 1. The normalized spacial score (nSPS) is 23.9. The van der Waals surface area contributed by atoms with E-state index in [0.29, 0.717) is 12.0 Å². The van der Waals surface area contributed by atoms with E-state index in [9.17, 15) is 0 Å². The van der Waals surface area contributed by atoms with Gasteiger partial charge in [0.05, 0.1) is 0 Å². The molecular weight excluding hydrogens is 220 g/mol. The first-order chi connectivity index (χ1) is 8.65. The molecule has 1 heterocycles. The molecule has 1 aliphatic rings. The third kappa shape index (κ3) is 1.95. The molecule has 1 aromatic carbocycles. The highest BCUT2D eigenvalue weighted by molar-refractivity contribution is 5.84. The number of benzene rings is 1. The molecule has 18 heavy (non-hydrogen) atoms. The second kappa shape index (κ2) is 4.43. The molecule has 2 N–H and O–H groups in total. The SMILES string of the molecule is Cc1ccc2c(c1)c(CC1CCCC1N)cn2C. The van der Waals surface area contributed by atoms with E-state index in [1.165, 1.54) is 41.3 Å². The van der Waals surface area contributed by atoms with Crippen molar-refractivity contribution in [1.29, 1.82) is 0 Å². The van der Waals surface area contributed by atoms with Crippen molar-refractivity contribution in [1.82, 2.24) is 4.57 Å². The van der Waals surface area contributed by atoms with E-state index in [4.69, 9.17) is 5.73 Å². The number of rotatable bonds is 2. The molecule has 1 aromatic heterocycles. The van der Waals surface area contributed by atoms with Crippen molar-refractivity contribution < 1.29 is 0 Å². The Morgan fingerprint density at radius 1 is 1.33 bits per heavy atom. The lowest BCUT2D eigenvalue weighted by atomic mass is 9.94. The third-order valence-electron chi connectivity index (χ3n) is 4.43. The predicted molar refractivity (Wildman–Crippen MR) is 76.7 cm³/mol. The Bertz CT molecular complexity index is 568. The Morgan fingerprint density at radius 2 is 2.17 bits per heavy atom. The van der Waals surface area contributed by atoms with Crippen LogP contribution in [0.5, 0.6) is 0 Å². The highest BCUT2D eigenvalue weighted by Crippen LogP contribution is 2.31. The quantitative estimate of drug-likeness (QED) is 0.861. The molecule has 3 rings (SSSR count). The average molecular weight is 242 g/mol. The van der Waals surface area contributed by atoms with Gasteiger partial charge in [-0.15, -0.1) is 0 Å². The zero-order chi connectivity index (χ0) is 12.7. The van der Waals surface area contributed by atoms with Crippen LogP contribution in [0.15, 0.2) is 24.4 Å². The molecular formula is C16H22N2. The second-order valence-corrected chi connectivity index (χ2v) is 5.84. The van der Waals surface area contributed by atoms with Crippen LogP contribution in [0.4, 0.5) is 0 Å². The molecule has 96 valence electrons. The van der Waals surface area contributed by atoms with Gasteiger partial charge in [-0.3, -0.25) is 0 Å². The molecule has 0 spiro atoms. The minimum Gasteiger partial charge on any atom is -0.350 e. The van der Waals surface area contributed by atoms with E-state index in [0.717, 1.165) is 6.42 Å². The van der Waals surface area contributed by atoms with Gasteiger partial charge in [-0.2, -0.15) is 0 Å². The van der Waals surface area contributed by atoms with Gasteiger partial charge in [0.2, 0.25) is 0 Å². The van der Waals surface area contributed by atoms with Crippen LogP contribution in [-0.2, 0) is 13.5 Å². The van der Waals surface area contributed by atoms with Crippen molar-refractivity contribution in [2.75, 3.05) is 0 Å². The highest BCUT2D eigenvalue weighted by atomic mass is 14.9. The summed E-state index contributed by atoms with van der Waals surface area (Å²) < 4.78 is 2.24. The number of nitrogens with zero attached hydrogens (tertiary/aromatic N) is 1. The Labute approximate surface area is 109 Å². The molecule has 0 saturated heterocycles. The summed E-state index contributed by atoms with van der Waals surface area (Å²) in [6.07, 6.45) is 7.23. The van der Waals surface area contributed by atoms with Crippen molar-refractivity contribution in [3.05, 3.63) is 35.5 Å². The lowest BCUT2D eigenvalue weighted by Gasteiger charge is -2.14. The van der Waals surface area contributed by atoms with Gasteiger partial charge < -0.3 is 10.3 Å². The van der Waals surface area contributed by atoms with Gasteiger partial charge in [-0.05, 0) is 49.8 Å². The third-order valence-corrected chi connectivity index (χ3v) is 4.43. The molecule has 2 atom stereocenters. The van der Waals surface area contributed by atoms with Crippen molar-refractivity contribution in [2.24, 2.45) is 18.7 Å². The Hall–Kier alpha value is -1.28. The first kappa shape index (κ1) is 11.8. The van der Waals surface area contributed by atoms with Crippen LogP contribution in [0.1, 0.15) is 30.4 Å². The number of hydrogen-bond acceptors (Lipinski definition) is 1. The van der Waals surface area contributed by atoms with E-state index < -0.39 is 0 Å². The number of aryl methyl sites for hydroxylation is 2. The molecule has 1 aliphatic carbocycles. The maximum Gasteiger partial charge on any atom is 0.0480 e. The van der Waals surface area contributed by atoms with Crippen molar-refractivity contribution in [3.63, 3.8) is 0 Å². The van der Waals surface area contributed by atoms with E-state index in [2.05, 4.69) is 42.9 Å². The lowest BCUT2D eigenvalue weighted by Crippen LogP contribution is -2.25. The molecule has 2 nitrogen and oxygen atoms in total. The number of aromatic nitrogens is 1.